The number of fused-ring (bicyclic) bond motifs is 1. The number of carbonyl (C=O) groups is 2. The van der Waals surface area contributed by atoms with E-state index in [4.69, 9.17) is 4.74 Å². The van der Waals surface area contributed by atoms with Crippen LogP contribution in [-0.2, 0) is 4.79 Å². The second-order valence-electron chi connectivity index (χ2n) is 7.33. The molecule has 0 atom stereocenters. The second-order valence-corrected chi connectivity index (χ2v) is 7.33. The molecule has 0 saturated carbocycles. The summed E-state index contributed by atoms with van der Waals surface area (Å²) in [5.74, 6) is 0.572. The van der Waals surface area contributed by atoms with Crippen LogP contribution in [0.25, 0.3) is 10.8 Å². The standard InChI is InChI=1S/C24H25N3O3/c1-16(2)14-23(28)26-19-11-8-18(9-12-19)24(29)27-25-15-21-20-7-5-4-6-17(20)10-13-22(21)30-3/h4-13,15-16H,14H2,1-3H3,(H,26,28)(H,27,29)/b25-15+. The van der Waals surface area contributed by atoms with Gasteiger partial charge in [-0.3, -0.25) is 9.59 Å². The molecule has 0 saturated heterocycles. The maximum Gasteiger partial charge on any atom is 0.271 e. The Bertz CT molecular complexity index is 1070. The SMILES string of the molecule is COc1ccc2ccccc2c1/C=N/NC(=O)c1ccc(NC(=O)CC(C)C)cc1. The van der Waals surface area contributed by atoms with Gasteiger partial charge in [-0.05, 0) is 47.0 Å². The normalized spacial score (nSPS) is 11.1. The van der Waals surface area contributed by atoms with Gasteiger partial charge in [-0.15, -0.1) is 0 Å². The lowest BCUT2D eigenvalue weighted by Crippen LogP contribution is -2.18. The largest absolute Gasteiger partial charge is 0.496 e. The molecule has 6 nitrogen and oxygen atoms in total. The third-order valence-electron chi connectivity index (χ3n) is 4.53. The molecule has 2 N–H and O–H groups in total. The van der Waals surface area contributed by atoms with E-state index >= 15 is 0 Å². The number of nitrogens with zero attached hydrogens (tertiary/aromatic N) is 1. The number of hydrogen-bond donors (Lipinski definition) is 2. The van der Waals surface area contributed by atoms with Crippen molar-refractivity contribution in [1.29, 1.82) is 0 Å². The minimum absolute atomic E-state index is 0.0455. The van der Waals surface area contributed by atoms with E-state index in [0.717, 1.165) is 16.3 Å². The Labute approximate surface area is 175 Å². The molecule has 0 bridgehead atoms. The predicted molar refractivity (Wildman–Crippen MR) is 120 cm³/mol. The molecular weight excluding hydrogens is 378 g/mol. The smallest absolute Gasteiger partial charge is 0.271 e. The van der Waals surface area contributed by atoms with Gasteiger partial charge in [0.25, 0.3) is 5.91 Å². The highest BCUT2D eigenvalue weighted by Gasteiger charge is 2.09. The third-order valence-corrected chi connectivity index (χ3v) is 4.53. The first kappa shape index (κ1) is 21.0. The molecule has 3 rings (SSSR count). The minimum Gasteiger partial charge on any atom is -0.496 e. The number of ether oxygens (including phenoxy) is 1. The predicted octanol–water partition coefficient (Wildman–Crippen LogP) is 4.60. The molecule has 0 aliphatic rings. The molecule has 2 amide bonds. The number of benzene rings is 3. The van der Waals surface area contributed by atoms with Crippen LogP contribution in [-0.4, -0.2) is 25.1 Å². The maximum absolute atomic E-state index is 12.4. The van der Waals surface area contributed by atoms with E-state index in [1.165, 1.54) is 0 Å². The van der Waals surface area contributed by atoms with E-state index in [-0.39, 0.29) is 17.7 Å². The fraction of sp³-hybridized carbons (Fsp3) is 0.208. The van der Waals surface area contributed by atoms with E-state index in [9.17, 15) is 9.59 Å². The average Bonchev–Trinajstić information content (AvgIpc) is 2.73. The van der Waals surface area contributed by atoms with Crippen molar-refractivity contribution in [3.8, 4) is 5.75 Å². The number of methoxy groups -OCH3 is 1. The van der Waals surface area contributed by atoms with Gasteiger partial charge in [-0.2, -0.15) is 5.10 Å². The van der Waals surface area contributed by atoms with Gasteiger partial charge in [0.15, 0.2) is 0 Å². The molecule has 0 heterocycles. The summed E-state index contributed by atoms with van der Waals surface area (Å²) in [6, 6.07) is 18.4. The molecule has 0 fully saturated rings. The molecular formula is C24H25N3O3. The molecule has 0 aromatic heterocycles. The summed E-state index contributed by atoms with van der Waals surface area (Å²) in [7, 11) is 1.60. The summed E-state index contributed by atoms with van der Waals surface area (Å²) < 4.78 is 5.43. The summed E-state index contributed by atoms with van der Waals surface area (Å²) >= 11 is 0. The van der Waals surface area contributed by atoms with Crippen molar-refractivity contribution in [1.82, 2.24) is 5.43 Å². The lowest BCUT2D eigenvalue weighted by molar-refractivity contribution is -0.116. The molecule has 30 heavy (non-hydrogen) atoms. The highest BCUT2D eigenvalue weighted by atomic mass is 16.5. The van der Waals surface area contributed by atoms with Crippen molar-refractivity contribution in [2.75, 3.05) is 12.4 Å². The topological polar surface area (TPSA) is 79.8 Å². The summed E-state index contributed by atoms with van der Waals surface area (Å²) in [5.41, 5.74) is 4.43. The van der Waals surface area contributed by atoms with Crippen molar-refractivity contribution in [2.24, 2.45) is 11.0 Å². The van der Waals surface area contributed by atoms with Crippen LogP contribution < -0.4 is 15.5 Å². The zero-order valence-corrected chi connectivity index (χ0v) is 17.3. The number of rotatable bonds is 7. The average molecular weight is 403 g/mol. The van der Waals surface area contributed by atoms with Crippen LogP contribution in [0.3, 0.4) is 0 Å². The Morgan fingerprint density at radius 1 is 1.03 bits per heavy atom. The molecule has 3 aromatic carbocycles. The van der Waals surface area contributed by atoms with Gasteiger partial charge in [0, 0.05) is 23.2 Å². The van der Waals surface area contributed by atoms with Gasteiger partial charge in [-0.25, -0.2) is 5.43 Å². The van der Waals surface area contributed by atoms with Gasteiger partial charge in [0.1, 0.15) is 5.75 Å². The zero-order valence-electron chi connectivity index (χ0n) is 17.3. The molecule has 0 aliphatic carbocycles. The molecule has 0 radical (unpaired) electrons. The summed E-state index contributed by atoms with van der Waals surface area (Å²) in [6.07, 6.45) is 2.04. The van der Waals surface area contributed by atoms with E-state index in [0.29, 0.717) is 23.4 Å². The number of amides is 2. The highest BCUT2D eigenvalue weighted by Crippen LogP contribution is 2.26. The molecule has 3 aromatic rings. The Balaban J connectivity index is 1.68. The summed E-state index contributed by atoms with van der Waals surface area (Å²) in [5, 5.41) is 8.96. The van der Waals surface area contributed by atoms with E-state index in [1.54, 1.807) is 37.6 Å². The first-order valence-corrected chi connectivity index (χ1v) is 9.77. The third kappa shape index (κ3) is 5.23. The monoisotopic (exact) mass is 403 g/mol. The first-order valence-electron chi connectivity index (χ1n) is 9.77. The lowest BCUT2D eigenvalue weighted by atomic mass is 10.0. The summed E-state index contributed by atoms with van der Waals surface area (Å²) in [6.45, 7) is 3.97. The fourth-order valence-electron chi connectivity index (χ4n) is 3.09. The first-order chi connectivity index (χ1) is 14.5. The second kappa shape index (κ2) is 9.69. The van der Waals surface area contributed by atoms with Crippen molar-refractivity contribution >= 4 is 34.5 Å². The number of hydrogen-bond acceptors (Lipinski definition) is 4. The Hall–Kier alpha value is -3.67. The molecule has 0 unspecified atom stereocenters. The van der Waals surface area contributed by atoms with Gasteiger partial charge < -0.3 is 10.1 Å². The zero-order chi connectivity index (χ0) is 21.5. The number of hydrazone groups is 1. The number of anilines is 1. The number of nitrogens with one attached hydrogen (secondary N) is 2. The van der Waals surface area contributed by atoms with Gasteiger partial charge in [-0.1, -0.05) is 44.2 Å². The summed E-state index contributed by atoms with van der Waals surface area (Å²) in [4.78, 5) is 24.2. The van der Waals surface area contributed by atoms with Crippen molar-refractivity contribution in [3.63, 3.8) is 0 Å². The molecule has 6 heteroatoms. The van der Waals surface area contributed by atoms with E-state index in [2.05, 4.69) is 15.8 Å². The van der Waals surface area contributed by atoms with Crippen molar-refractivity contribution < 1.29 is 14.3 Å². The van der Waals surface area contributed by atoms with Crippen LogP contribution in [0.4, 0.5) is 5.69 Å². The highest BCUT2D eigenvalue weighted by molar-refractivity contribution is 6.03. The fourth-order valence-corrected chi connectivity index (χ4v) is 3.09. The van der Waals surface area contributed by atoms with E-state index < -0.39 is 0 Å². The Kier molecular flexibility index (Phi) is 6.80. The Morgan fingerprint density at radius 2 is 1.77 bits per heavy atom. The van der Waals surface area contributed by atoms with Crippen molar-refractivity contribution in [3.05, 3.63) is 71.8 Å². The van der Waals surface area contributed by atoms with Crippen LogP contribution in [0.2, 0.25) is 0 Å². The lowest BCUT2D eigenvalue weighted by Gasteiger charge is -2.09. The minimum atomic E-state index is -0.342. The van der Waals surface area contributed by atoms with E-state index in [1.807, 2.05) is 50.2 Å². The maximum atomic E-state index is 12.4. The quantitative estimate of drug-likeness (QED) is 0.447. The van der Waals surface area contributed by atoms with Crippen LogP contribution in [0.1, 0.15) is 36.2 Å². The van der Waals surface area contributed by atoms with Crippen molar-refractivity contribution in [2.45, 2.75) is 20.3 Å². The molecule has 0 aliphatic heterocycles. The van der Waals surface area contributed by atoms with Gasteiger partial charge in [0.05, 0.1) is 13.3 Å². The number of carbonyl (C=O) groups excluding carboxylic acids is 2. The van der Waals surface area contributed by atoms with Gasteiger partial charge >= 0.3 is 0 Å². The van der Waals surface area contributed by atoms with Gasteiger partial charge in [0.2, 0.25) is 5.91 Å². The van der Waals surface area contributed by atoms with Crippen LogP contribution >= 0.6 is 0 Å². The van der Waals surface area contributed by atoms with Crippen LogP contribution in [0.15, 0.2) is 65.8 Å². The Morgan fingerprint density at radius 3 is 2.47 bits per heavy atom. The molecule has 154 valence electrons. The van der Waals surface area contributed by atoms with Crippen LogP contribution in [0, 0.1) is 5.92 Å². The molecule has 0 spiro atoms. The van der Waals surface area contributed by atoms with Crippen LogP contribution in [0.5, 0.6) is 5.75 Å².